The molecule has 19 heavy (non-hydrogen) atoms. The summed E-state index contributed by atoms with van der Waals surface area (Å²) < 4.78 is 28.1. The molecule has 1 heterocycles. The van der Waals surface area contributed by atoms with Gasteiger partial charge in [-0.25, -0.2) is 8.42 Å². The maximum absolute atomic E-state index is 12.2. The number of anilines is 2. The molecule has 0 bridgehead atoms. The zero-order chi connectivity index (χ0) is 14.2. The summed E-state index contributed by atoms with van der Waals surface area (Å²) in [5, 5.41) is 0.297. The van der Waals surface area contributed by atoms with Gasteiger partial charge in [0.1, 0.15) is 4.90 Å². The fraction of sp³-hybridized carbons (Fsp3) is 0. The summed E-state index contributed by atoms with van der Waals surface area (Å²) in [4.78, 5) is 0.164. The van der Waals surface area contributed by atoms with E-state index in [1.807, 2.05) is 0 Å². The summed E-state index contributed by atoms with van der Waals surface area (Å²) in [5.74, 6) is 0. The molecule has 2 aromatic rings. The third-order valence-corrected chi connectivity index (χ3v) is 6.63. The van der Waals surface area contributed by atoms with Gasteiger partial charge >= 0.3 is 0 Å². The van der Waals surface area contributed by atoms with Crippen LogP contribution in [0, 0.1) is 0 Å². The number of benzene rings is 1. The van der Waals surface area contributed by atoms with Gasteiger partial charge < -0.3 is 5.73 Å². The van der Waals surface area contributed by atoms with E-state index in [1.165, 1.54) is 23.5 Å². The highest BCUT2D eigenvalue weighted by Gasteiger charge is 2.20. The Balaban J connectivity index is 2.36. The molecule has 102 valence electrons. The third kappa shape index (κ3) is 3.43. The standard InChI is InChI=1S/C10H7Br2ClN2O2S2/c11-9-4-8(10(12)18-9)19(16,17)15-5-1-2-7(14)6(13)3-5/h1-4,15H,14H2. The molecule has 1 aromatic heterocycles. The quantitative estimate of drug-likeness (QED) is 0.690. The van der Waals surface area contributed by atoms with E-state index in [0.29, 0.717) is 20.2 Å². The van der Waals surface area contributed by atoms with Crippen molar-refractivity contribution in [3.05, 3.63) is 36.9 Å². The molecule has 3 N–H and O–H groups in total. The molecule has 0 amide bonds. The first kappa shape index (κ1) is 15.1. The fourth-order valence-electron chi connectivity index (χ4n) is 1.31. The minimum Gasteiger partial charge on any atom is -0.398 e. The van der Waals surface area contributed by atoms with E-state index in [9.17, 15) is 8.42 Å². The molecule has 0 aliphatic carbocycles. The lowest BCUT2D eigenvalue weighted by Crippen LogP contribution is -2.12. The van der Waals surface area contributed by atoms with Crippen LogP contribution >= 0.6 is 54.8 Å². The van der Waals surface area contributed by atoms with Crippen molar-refractivity contribution in [2.75, 3.05) is 10.5 Å². The van der Waals surface area contributed by atoms with Crippen LogP contribution < -0.4 is 10.5 Å². The molecular formula is C10H7Br2ClN2O2S2. The second kappa shape index (κ2) is 5.61. The molecule has 2 rings (SSSR count). The summed E-state index contributed by atoms with van der Waals surface area (Å²) in [6.07, 6.45) is 0. The van der Waals surface area contributed by atoms with Gasteiger partial charge in [0, 0.05) is 0 Å². The third-order valence-electron chi connectivity index (χ3n) is 2.17. The van der Waals surface area contributed by atoms with E-state index >= 15 is 0 Å². The van der Waals surface area contributed by atoms with Crippen LogP contribution in [0.25, 0.3) is 0 Å². The first-order chi connectivity index (χ1) is 8.79. The van der Waals surface area contributed by atoms with Crippen LogP contribution in [0.4, 0.5) is 11.4 Å². The van der Waals surface area contributed by atoms with E-state index in [-0.39, 0.29) is 4.90 Å². The number of hydrogen-bond acceptors (Lipinski definition) is 4. The topological polar surface area (TPSA) is 72.2 Å². The van der Waals surface area contributed by atoms with E-state index < -0.39 is 10.0 Å². The molecule has 0 saturated carbocycles. The van der Waals surface area contributed by atoms with E-state index in [2.05, 4.69) is 36.6 Å². The summed E-state index contributed by atoms with van der Waals surface area (Å²) in [7, 11) is -3.67. The number of sulfonamides is 1. The van der Waals surface area contributed by atoms with Gasteiger partial charge in [-0.15, -0.1) is 11.3 Å². The predicted octanol–water partition coefficient (Wildman–Crippen LogP) is 4.31. The van der Waals surface area contributed by atoms with Crippen LogP contribution in [0.3, 0.4) is 0 Å². The number of rotatable bonds is 3. The lowest BCUT2D eigenvalue weighted by Gasteiger charge is -2.08. The van der Waals surface area contributed by atoms with Crippen molar-refractivity contribution in [3.63, 3.8) is 0 Å². The number of nitrogens with two attached hydrogens (primary N) is 1. The highest BCUT2D eigenvalue weighted by Crippen LogP contribution is 2.36. The van der Waals surface area contributed by atoms with Gasteiger partial charge in [0.15, 0.2) is 0 Å². The van der Waals surface area contributed by atoms with Crippen molar-refractivity contribution in [1.29, 1.82) is 0 Å². The van der Waals surface area contributed by atoms with Gasteiger partial charge in [-0.3, -0.25) is 4.72 Å². The number of nitrogens with one attached hydrogen (secondary N) is 1. The Morgan fingerprint density at radius 1 is 1.26 bits per heavy atom. The van der Waals surface area contributed by atoms with Crippen molar-refractivity contribution >= 4 is 76.2 Å². The monoisotopic (exact) mass is 444 g/mol. The molecule has 0 atom stereocenters. The van der Waals surface area contributed by atoms with Crippen LogP contribution in [-0.4, -0.2) is 8.42 Å². The zero-order valence-corrected chi connectivity index (χ0v) is 14.7. The van der Waals surface area contributed by atoms with Crippen molar-refractivity contribution in [2.45, 2.75) is 4.90 Å². The van der Waals surface area contributed by atoms with Crippen molar-refractivity contribution in [3.8, 4) is 0 Å². The normalized spacial score (nSPS) is 11.5. The van der Waals surface area contributed by atoms with Gasteiger partial charge in [0.05, 0.1) is 24.0 Å². The molecule has 1 aromatic carbocycles. The maximum atomic E-state index is 12.2. The second-order valence-electron chi connectivity index (χ2n) is 3.53. The van der Waals surface area contributed by atoms with E-state index in [4.69, 9.17) is 17.3 Å². The Morgan fingerprint density at radius 3 is 2.47 bits per heavy atom. The summed E-state index contributed by atoms with van der Waals surface area (Å²) >= 11 is 13.6. The molecule has 4 nitrogen and oxygen atoms in total. The molecule has 0 aliphatic rings. The van der Waals surface area contributed by atoms with Crippen LogP contribution in [0.2, 0.25) is 5.02 Å². The Hall–Kier alpha value is -0.280. The maximum Gasteiger partial charge on any atom is 0.263 e. The minimum absolute atomic E-state index is 0.164. The van der Waals surface area contributed by atoms with Crippen LogP contribution in [-0.2, 0) is 10.0 Å². The molecule has 0 saturated heterocycles. The Bertz CT molecular complexity index is 731. The second-order valence-corrected chi connectivity index (χ2v) is 9.34. The van der Waals surface area contributed by atoms with Crippen molar-refractivity contribution < 1.29 is 8.42 Å². The van der Waals surface area contributed by atoms with Gasteiger partial charge in [-0.05, 0) is 56.1 Å². The smallest absolute Gasteiger partial charge is 0.263 e. The first-order valence-electron chi connectivity index (χ1n) is 4.82. The van der Waals surface area contributed by atoms with Crippen LogP contribution in [0.15, 0.2) is 36.7 Å². The van der Waals surface area contributed by atoms with E-state index in [0.717, 1.165) is 3.79 Å². The molecule has 0 aliphatic heterocycles. The summed E-state index contributed by atoms with van der Waals surface area (Å²) in [6, 6.07) is 6.08. The lowest BCUT2D eigenvalue weighted by atomic mass is 10.3. The van der Waals surface area contributed by atoms with Gasteiger partial charge in [-0.1, -0.05) is 11.6 Å². The first-order valence-corrected chi connectivity index (χ1v) is 9.08. The number of halogens is 3. The summed E-state index contributed by atoms with van der Waals surface area (Å²) in [5.41, 5.74) is 6.32. The number of hydrogen-bond donors (Lipinski definition) is 2. The average Bonchev–Trinajstić information content (AvgIpc) is 2.63. The molecular weight excluding hydrogens is 440 g/mol. The van der Waals surface area contributed by atoms with Gasteiger partial charge in [0.25, 0.3) is 10.0 Å². The van der Waals surface area contributed by atoms with Gasteiger partial charge in [0.2, 0.25) is 0 Å². The number of thiophene rings is 1. The highest BCUT2D eigenvalue weighted by atomic mass is 79.9. The predicted molar refractivity (Wildman–Crippen MR) is 86.4 cm³/mol. The number of nitrogen functional groups attached to an aromatic ring is 1. The average molecular weight is 447 g/mol. The summed E-state index contributed by atoms with van der Waals surface area (Å²) in [6.45, 7) is 0. The molecule has 0 radical (unpaired) electrons. The molecule has 9 heteroatoms. The van der Waals surface area contributed by atoms with Crippen molar-refractivity contribution in [2.24, 2.45) is 0 Å². The van der Waals surface area contributed by atoms with E-state index in [1.54, 1.807) is 12.1 Å². The fourth-order valence-corrected chi connectivity index (χ4v) is 6.35. The van der Waals surface area contributed by atoms with Crippen LogP contribution in [0.1, 0.15) is 0 Å². The SMILES string of the molecule is Nc1ccc(NS(=O)(=O)c2cc(Br)sc2Br)cc1Cl. The Morgan fingerprint density at radius 2 is 1.95 bits per heavy atom. The lowest BCUT2D eigenvalue weighted by molar-refractivity contribution is 0.601. The molecule has 0 fully saturated rings. The minimum atomic E-state index is -3.67. The van der Waals surface area contributed by atoms with Crippen molar-refractivity contribution in [1.82, 2.24) is 0 Å². The largest absolute Gasteiger partial charge is 0.398 e. The Labute approximate surface area is 136 Å². The Kier molecular flexibility index (Phi) is 4.46. The van der Waals surface area contributed by atoms with Crippen LogP contribution in [0.5, 0.6) is 0 Å². The zero-order valence-electron chi connectivity index (χ0n) is 9.15. The molecule has 0 spiro atoms. The highest BCUT2D eigenvalue weighted by molar-refractivity contribution is 9.12. The van der Waals surface area contributed by atoms with Gasteiger partial charge in [-0.2, -0.15) is 0 Å². The molecule has 0 unspecified atom stereocenters.